The molecule has 1 saturated heterocycles. The van der Waals surface area contributed by atoms with E-state index in [1.54, 1.807) is 13.0 Å². The van der Waals surface area contributed by atoms with Crippen LogP contribution in [0.4, 0.5) is 11.4 Å². The number of hydrogen-bond acceptors (Lipinski definition) is 4. The van der Waals surface area contributed by atoms with Crippen molar-refractivity contribution in [3.05, 3.63) is 33.4 Å². The number of aryl methyl sites for hydroxylation is 1. The molecule has 126 valence electrons. The summed E-state index contributed by atoms with van der Waals surface area (Å²) in [5.74, 6) is -0.178. The number of nitro groups is 1. The highest BCUT2D eigenvalue weighted by molar-refractivity contribution is 5.95. The third kappa shape index (κ3) is 4.76. The average Bonchev–Trinajstić information content (AvgIpc) is 2.46. The molecule has 6 nitrogen and oxygen atoms in total. The second-order valence-electron chi connectivity index (χ2n) is 6.25. The highest BCUT2D eigenvalue weighted by atomic mass is 16.6. The molecule has 0 bridgehead atoms. The lowest BCUT2D eigenvalue weighted by Crippen LogP contribution is -2.35. The monoisotopic (exact) mass is 319 g/mol. The van der Waals surface area contributed by atoms with Crippen LogP contribution in [0.25, 0.3) is 0 Å². The number of amides is 1. The van der Waals surface area contributed by atoms with Gasteiger partial charge in [-0.05, 0) is 50.9 Å². The van der Waals surface area contributed by atoms with Crippen molar-refractivity contribution in [3.63, 3.8) is 0 Å². The van der Waals surface area contributed by atoms with Crippen molar-refractivity contribution in [2.45, 2.75) is 46.0 Å². The summed E-state index contributed by atoms with van der Waals surface area (Å²) < 4.78 is 0. The SMILES string of the molecule is Cc1ccc([N+](=O)[O-])c(NC(=O)CN2CCCCCCC2)c1C. The summed E-state index contributed by atoms with van der Waals surface area (Å²) in [7, 11) is 0. The lowest BCUT2D eigenvalue weighted by atomic mass is 10.1. The van der Waals surface area contributed by atoms with Crippen LogP contribution in [0.2, 0.25) is 0 Å². The number of nitro benzene ring substituents is 1. The summed E-state index contributed by atoms with van der Waals surface area (Å²) in [6.45, 7) is 5.82. The van der Waals surface area contributed by atoms with Gasteiger partial charge in [-0.3, -0.25) is 19.8 Å². The van der Waals surface area contributed by atoms with Crippen LogP contribution < -0.4 is 5.32 Å². The van der Waals surface area contributed by atoms with Crippen molar-refractivity contribution in [2.75, 3.05) is 25.0 Å². The first-order valence-electron chi connectivity index (χ1n) is 8.26. The molecule has 1 fully saturated rings. The van der Waals surface area contributed by atoms with Crippen LogP contribution in [-0.2, 0) is 4.79 Å². The Morgan fingerprint density at radius 1 is 1.17 bits per heavy atom. The molecule has 0 aliphatic carbocycles. The molecule has 23 heavy (non-hydrogen) atoms. The zero-order chi connectivity index (χ0) is 16.8. The summed E-state index contributed by atoms with van der Waals surface area (Å²) >= 11 is 0. The smallest absolute Gasteiger partial charge is 0.293 e. The summed E-state index contributed by atoms with van der Waals surface area (Å²) in [5, 5.41) is 13.9. The van der Waals surface area contributed by atoms with Crippen LogP contribution in [0.3, 0.4) is 0 Å². The minimum atomic E-state index is -0.446. The molecule has 1 aliphatic heterocycles. The number of rotatable bonds is 4. The van der Waals surface area contributed by atoms with E-state index in [4.69, 9.17) is 0 Å². The fraction of sp³-hybridized carbons (Fsp3) is 0.588. The molecule has 0 atom stereocenters. The van der Waals surface area contributed by atoms with E-state index < -0.39 is 4.92 Å². The molecule has 1 N–H and O–H groups in total. The number of benzene rings is 1. The van der Waals surface area contributed by atoms with E-state index in [-0.39, 0.29) is 11.6 Å². The maximum Gasteiger partial charge on any atom is 0.293 e. The number of anilines is 1. The maximum atomic E-state index is 12.3. The van der Waals surface area contributed by atoms with Crippen LogP contribution in [0.5, 0.6) is 0 Å². The molecular formula is C17H25N3O3. The van der Waals surface area contributed by atoms with Crippen LogP contribution in [0, 0.1) is 24.0 Å². The Bertz CT molecular complexity index is 579. The van der Waals surface area contributed by atoms with E-state index in [2.05, 4.69) is 10.2 Å². The molecule has 1 heterocycles. The van der Waals surface area contributed by atoms with Crippen molar-refractivity contribution in [1.29, 1.82) is 0 Å². The fourth-order valence-electron chi connectivity index (χ4n) is 2.96. The molecule has 0 unspecified atom stereocenters. The van der Waals surface area contributed by atoms with E-state index in [0.29, 0.717) is 12.2 Å². The van der Waals surface area contributed by atoms with E-state index in [1.807, 2.05) is 6.92 Å². The van der Waals surface area contributed by atoms with Gasteiger partial charge >= 0.3 is 0 Å². The Labute approximate surface area is 137 Å². The zero-order valence-corrected chi connectivity index (χ0v) is 13.9. The topological polar surface area (TPSA) is 75.5 Å². The first kappa shape index (κ1) is 17.4. The minimum Gasteiger partial charge on any atom is -0.319 e. The maximum absolute atomic E-state index is 12.3. The molecule has 0 aromatic heterocycles. The number of nitrogens with zero attached hydrogens (tertiary/aromatic N) is 2. The number of hydrogen-bond donors (Lipinski definition) is 1. The first-order chi connectivity index (χ1) is 11.0. The quantitative estimate of drug-likeness (QED) is 0.681. The lowest BCUT2D eigenvalue weighted by Gasteiger charge is -2.24. The third-order valence-corrected chi connectivity index (χ3v) is 4.49. The normalized spacial score (nSPS) is 16.4. The predicted molar refractivity (Wildman–Crippen MR) is 90.7 cm³/mol. The lowest BCUT2D eigenvalue weighted by molar-refractivity contribution is -0.384. The van der Waals surface area contributed by atoms with Gasteiger partial charge in [0.25, 0.3) is 5.69 Å². The number of nitrogens with one attached hydrogen (secondary N) is 1. The molecule has 0 saturated carbocycles. The summed E-state index contributed by atoms with van der Waals surface area (Å²) in [4.78, 5) is 25.2. The number of carbonyl (C=O) groups is 1. The highest BCUT2D eigenvalue weighted by Gasteiger charge is 2.20. The van der Waals surface area contributed by atoms with Gasteiger partial charge in [0.15, 0.2) is 0 Å². The second-order valence-corrected chi connectivity index (χ2v) is 6.25. The molecular weight excluding hydrogens is 294 g/mol. The third-order valence-electron chi connectivity index (χ3n) is 4.49. The standard InChI is InChI=1S/C17H25N3O3/c1-13-8-9-15(20(22)23)17(14(13)2)18-16(21)12-19-10-6-4-3-5-7-11-19/h8-9H,3-7,10-12H2,1-2H3,(H,18,21). The average molecular weight is 319 g/mol. The van der Waals surface area contributed by atoms with Gasteiger partial charge in [-0.2, -0.15) is 0 Å². The van der Waals surface area contributed by atoms with Gasteiger partial charge in [0, 0.05) is 6.07 Å². The molecule has 0 spiro atoms. The van der Waals surface area contributed by atoms with Crippen molar-refractivity contribution in [2.24, 2.45) is 0 Å². The van der Waals surface area contributed by atoms with Gasteiger partial charge in [-0.25, -0.2) is 0 Å². The van der Waals surface area contributed by atoms with E-state index in [1.165, 1.54) is 25.3 Å². The first-order valence-corrected chi connectivity index (χ1v) is 8.26. The molecule has 1 aliphatic rings. The molecule has 6 heteroatoms. The fourth-order valence-corrected chi connectivity index (χ4v) is 2.96. The Kier molecular flexibility index (Phi) is 6.10. The van der Waals surface area contributed by atoms with Gasteiger partial charge in [-0.1, -0.05) is 25.3 Å². The molecule has 0 radical (unpaired) electrons. The van der Waals surface area contributed by atoms with Crippen LogP contribution in [0.15, 0.2) is 12.1 Å². The highest BCUT2D eigenvalue weighted by Crippen LogP contribution is 2.30. The van der Waals surface area contributed by atoms with E-state index in [0.717, 1.165) is 37.1 Å². The molecule has 1 amide bonds. The Balaban J connectivity index is 2.07. The Hall–Kier alpha value is -1.95. The minimum absolute atomic E-state index is 0.0471. The summed E-state index contributed by atoms with van der Waals surface area (Å²) in [6.07, 6.45) is 5.91. The van der Waals surface area contributed by atoms with Crippen molar-refractivity contribution in [3.8, 4) is 0 Å². The number of carbonyl (C=O) groups excluding carboxylic acids is 1. The molecule has 1 aromatic rings. The number of likely N-dealkylation sites (tertiary alicyclic amines) is 1. The molecule has 2 rings (SSSR count). The van der Waals surface area contributed by atoms with Crippen molar-refractivity contribution < 1.29 is 9.72 Å². The van der Waals surface area contributed by atoms with Crippen LogP contribution >= 0.6 is 0 Å². The van der Waals surface area contributed by atoms with Gasteiger partial charge in [0.2, 0.25) is 5.91 Å². The van der Waals surface area contributed by atoms with Crippen LogP contribution in [0.1, 0.15) is 43.2 Å². The van der Waals surface area contributed by atoms with Gasteiger partial charge in [-0.15, -0.1) is 0 Å². The van der Waals surface area contributed by atoms with Crippen molar-refractivity contribution in [1.82, 2.24) is 4.90 Å². The van der Waals surface area contributed by atoms with Crippen molar-refractivity contribution >= 4 is 17.3 Å². The second kappa shape index (κ2) is 8.06. The van der Waals surface area contributed by atoms with Gasteiger partial charge in [0.05, 0.1) is 11.5 Å². The van der Waals surface area contributed by atoms with Gasteiger partial charge in [0.1, 0.15) is 5.69 Å². The summed E-state index contributed by atoms with van der Waals surface area (Å²) in [6, 6.07) is 3.16. The van der Waals surface area contributed by atoms with Crippen LogP contribution in [-0.4, -0.2) is 35.4 Å². The van der Waals surface area contributed by atoms with E-state index >= 15 is 0 Å². The predicted octanol–water partition coefficient (Wildman–Crippen LogP) is 3.42. The Morgan fingerprint density at radius 3 is 2.39 bits per heavy atom. The summed E-state index contributed by atoms with van der Waals surface area (Å²) in [5.41, 5.74) is 1.96. The zero-order valence-electron chi connectivity index (χ0n) is 13.9. The largest absolute Gasteiger partial charge is 0.319 e. The van der Waals surface area contributed by atoms with Gasteiger partial charge < -0.3 is 5.32 Å². The van der Waals surface area contributed by atoms with E-state index in [9.17, 15) is 14.9 Å². The Morgan fingerprint density at radius 2 is 1.78 bits per heavy atom. The molecule has 1 aromatic carbocycles.